The molecule has 5 atom stereocenters. The average Bonchev–Trinajstić information content (AvgIpc) is 2.53. The van der Waals surface area contributed by atoms with Gasteiger partial charge in [0.1, 0.15) is 0 Å². The number of rotatable bonds is 2. The first-order valence-corrected chi connectivity index (χ1v) is 8.06. The fourth-order valence-electron chi connectivity index (χ4n) is 4.37. The number of benzene rings is 1. The molecule has 2 aliphatic heterocycles. The third kappa shape index (κ3) is 2.75. The van der Waals surface area contributed by atoms with Crippen LogP contribution in [0.2, 0.25) is 0 Å². The number of hydrogen-bond donors (Lipinski definition) is 2. The first-order valence-electron chi connectivity index (χ1n) is 8.06. The molecule has 0 aliphatic carbocycles. The van der Waals surface area contributed by atoms with Crippen LogP contribution in [0.4, 0.5) is 0 Å². The molecule has 21 heavy (non-hydrogen) atoms. The second-order valence-electron chi connectivity index (χ2n) is 7.26. The summed E-state index contributed by atoms with van der Waals surface area (Å²) < 4.78 is 6.43. The predicted molar refractivity (Wildman–Crippen MR) is 84.4 cm³/mol. The summed E-state index contributed by atoms with van der Waals surface area (Å²) in [5.41, 5.74) is 0.756. The van der Waals surface area contributed by atoms with Gasteiger partial charge in [0, 0.05) is 6.04 Å². The summed E-state index contributed by atoms with van der Waals surface area (Å²) in [6.45, 7) is 4.30. The highest BCUT2D eigenvalue weighted by Crippen LogP contribution is 2.49. The molecule has 116 valence electrons. The topological polar surface area (TPSA) is 41.5 Å². The van der Waals surface area contributed by atoms with Gasteiger partial charge in [-0.1, -0.05) is 30.3 Å². The lowest BCUT2D eigenvalue weighted by molar-refractivity contribution is -0.212. The molecule has 0 aromatic heterocycles. The van der Waals surface area contributed by atoms with E-state index >= 15 is 0 Å². The average molecular weight is 289 g/mol. The second kappa shape index (κ2) is 5.38. The van der Waals surface area contributed by atoms with Gasteiger partial charge in [-0.05, 0) is 58.1 Å². The molecule has 3 nitrogen and oxygen atoms in total. The van der Waals surface area contributed by atoms with Crippen molar-refractivity contribution in [2.75, 3.05) is 7.05 Å². The largest absolute Gasteiger partial charge is 0.388 e. The van der Waals surface area contributed by atoms with Crippen molar-refractivity contribution >= 4 is 0 Å². The Morgan fingerprint density at radius 2 is 1.90 bits per heavy atom. The maximum Gasteiger partial charge on any atom is 0.0979 e. The molecule has 0 saturated carbocycles. The van der Waals surface area contributed by atoms with Crippen LogP contribution >= 0.6 is 0 Å². The summed E-state index contributed by atoms with van der Waals surface area (Å²) in [6.07, 6.45) is 3.41. The van der Waals surface area contributed by atoms with E-state index in [1.165, 1.54) is 5.56 Å². The quantitative estimate of drug-likeness (QED) is 0.879. The van der Waals surface area contributed by atoms with Crippen molar-refractivity contribution in [1.82, 2.24) is 5.32 Å². The Morgan fingerprint density at radius 3 is 2.57 bits per heavy atom. The van der Waals surface area contributed by atoms with E-state index in [1.54, 1.807) is 0 Å². The van der Waals surface area contributed by atoms with Crippen molar-refractivity contribution in [2.45, 2.75) is 68.8 Å². The lowest BCUT2D eigenvalue weighted by atomic mass is 9.74. The van der Waals surface area contributed by atoms with E-state index in [4.69, 9.17) is 4.74 Å². The van der Waals surface area contributed by atoms with Crippen LogP contribution in [0, 0.1) is 0 Å². The normalized spacial score (nSPS) is 43.3. The molecule has 2 N–H and O–H groups in total. The monoisotopic (exact) mass is 289 g/mol. The van der Waals surface area contributed by atoms with Crippen molar-refractivity contribution in [3.05, 3.63) is 35.9 Å². The van der Waals surface area contributed by atoms with E-state index in [2.05, 4.69) is 49.5 Å². The van der Waals surface area contributed by atoms with Crippen molar-refractivity contribution in [3.8, 4) is 0 Å². The van der Waals surface area contributed by atoms with E-state index in [9.17, 15) is 5.11 Å². The number of fused-ring (bicyclic) bond motifs is 2. The summed E-state index contributed by atoms with van der Waals surface area (Å²) in [5.74, 6) is 0.459. The minimum atomic E-state index is -0.475. The summed E-state index contributed by atoms with van der Waals surface area (Å²) in [4.78, 5) is 0. The van der Waals surface area contributed by atoms with Gasteiger partial charge in [0.15, 0.2) is 0 Å². The molecule has 2 bridgehead atoms. The number of aliphatic hydroxyl groups is 1. The minimum absolute atomic E-state index is 0.117. The third-order valence-electron chi connectivity index (χ3n) is 5.44. The van der Waals surface area contributed by atoms with Crippen molar-refractivity contribution in [1.29, 1.82) is 0 Å². The van der Waals surface area contributed by atoms with Crippen LogP contribution in [-0.2, 0) is 4.74 Å². The number of ether oxygens (including phenoxy) is 1. The highest BCUT2D eigenvalue weighted by Gasteiger charge is 2.52. The van der Waals surface area contributed by atoms with Crippen LogP contribution < -0.4 is 5.32 Å². The fraction of sp³-hybridized carbons (Fsp3) is 0.667. The van der Waals surface area contributed by atoms with E-state index < -0.39 is 11.7 Å². The fourth-order valence-corrected chi connectivity index (χ4v) is 4.37. The molecular weight excluding hydrogens is 262 g/mol. The molecule has 2 heterocycles. The number of aliphatic hydroxyl groups excluding tert-OH is 1. The molecule has 3 heteroatoms. The van der Waals surface area contributed by atoms with Gasteiger partial charge in [0.25, 0.3) is 0 Å². The lowest BCUT2D eigenvalue weighted by Crippen LogP contribution is -2.56. The Bertz CT molecular complexity index is 491. The smallest absolute Gasteiger partial charge is 0.0979 e. The number of likely N-dealkylation sites (N-methyl/N-ethyl adjacent to an activating group) is 1. The Balaban J connectivity index is 1.94. The highest BCUT2D eigenvalue weighted by atomic mass is 16.5. The number of hydrogen-bond acceptors (Lipinski definition) is 3. The van der Waals surface area contributed by atoms with Gasteiger partial charge >= 0.3 is 0 Å². The van der Waals surface area contributed by atoms with E-state index in [-0.39, 0.29) is 11.6 Å². The SMILES string of the molecule is CN[C@@H]1CCC2(C)C[C@H](c3ccccc3)CC(C)(O2)[C@H]1O. The van der Waals surface area contributed by atoms with Gasteiger partial charge in [-0.2, -0.15) is 0 Å². The molecule has 1 aromatic rings. The van der Waals surface area contributed by atoms with Gasteiger partial charge in [-0.25, -0.2) is 0 Å². The zero-order chi connectivity index (χ0) is 15.1. The molecule has 0 amide bonds. The molecule has 2 aliphatic rings. The summed E-state index contributed by atoms with van der Waals surface area (Å²) in [7, 11) is 1.93. The van der Waals surface area contributed by atoms with Gasteiger partial charge in [0.2, 0.25) is 0 Å². The van der Waals surface area contributed by atoms with Crippen molar-refractivity contribution < 1.29 is 9.84 Å². The Kier molecular flexibility index (Phi) is 3.85. The van der Waals surface area contributed by atoms with Crippen LogP contribution in [0.1, 0.15) is 51.0 Å². The van der Waals surface area contributed by atoms with Crippen LogP contribution in [0.15, 0.2) is 30.3 Å². The summed E-state index contributed by atoms with van der Waals surface area (Å²) >= 11 is 0. The number of nitrogens with one attached hydrogen (secondary N) is 1. The van der Waals surface area contributed by atoms with Crippen LogP contribution in [0.25, 0.3) is 0 Å². The first kappa shape index (κ1) is 15.0. The van der Waals surface area contributed by atoms with Gasteiger partial charge < -0.3 is 15.2 Å². The maximum absolute atomic E-state index is 10.8. The van der Waals surface area contributed by atoms with E-state index in [1.807, 2.05) is 7.05 Å². The minimum Gasteiger partial charge on any atom is -0.388 e. The highest BCUT2D eigenvalue weighted by molar-refractivity contribution is 5.23. The molecule has 2 saturated heterocycles. The Morgan fingerprint density at radius 1 is 1.19 bits per heavy atom. The molecule has 3 rings (SSSR count). The summed E-state index contributed by atoms with van der Waals surface area (Å²) in [6, 6.07) is 10.8. The van der Waals surface area contributed by atoms with Gasteiger partial charge in [-0.3, -0.25) is 0 Å². The zero-order valence-corrected chi connectivity index (χ0v) is 13.3. The van der Waals surface area contributed by atoms with Crippen LogP contribution in [0.3, 0.4) is 0 Å². The zero-order valence-electron chi connectivity index (χ0n) is 13.3. The molecule has 0 radical (unpaired) electrons. The van der Waals surface area contributed by atoms with E-state index in [0.717, 1.165) is 25.7 Å². The maximum atomic E-state index is 10.8. The second-order valence-corrected chi connectivity index (χ2v) is 7.26. The van der Waals surface area contributed by atoms with Crippen molar-refractivity contribution in [3.63, 3.8) is 0 Å². The Hall–Kier alpha value is -0.900. The molecule has 0 spiro atoms. The first-order chi connectivity index (χ1) is 9.96. The molecule has 2 unspecified atom stereocenters. The van der Waals surface area contributed by atoms with Gasteiger partial charge in [0.05, 0.1) is 17.3 Å². The Labute approximate surface area is 127 Å². The van der Waals surface area contributed by atoms with Gasteiger partial charge in [-0.15, -0.1) is 0 Å². The molecule has 2 fully saturated rings. The summed E-state index contributed by atoms with van der Waals surface area (Å²) in [5, 5.41) is 14.1. The predicted octanol–water partition coefficient (Wildman–Crippen LogP) is 2.84. The molecular formula is C18H27NO2. The van der Waals surface area contributed by atoms with Crippen LogP contribution in [0.5, 0.6) is 0 Å². The van der Waals surface area contributed by atoms with E-state index in [0.29, 0.717) is 5.92 Å². The molecule has 1 aromatic carbocycles. The lowest BCUT2D eigenvalue weighted by Gasteiger charge is -2.49. The standard InChI is InChI=1S/C18H27NO2/c1-17-10-9-15(19-3)16(20)18(2,21-17)12-14(11-17)13-7-5-4-6-8-13/h4-8,14-16,19-20H,9-12H2,1-3H3/t14-,15+,16-,17?,18?/m0/s1. The third-order valence-corrected chi connectivity index (χ3v) is 5.44. The van der Waals surface area contributed by atoms with Crippen LogP contribution in [-0.4, -0.2) is 35.5 Å². The van der Waals surface area contributed by atoms with Crippen molar-refractivity contribution in [2.24, 2.45) is 0 Å².